The number of thiazole rings is 1. The average molecular weight is 272 g/mol. The van der Waals surface area contributed by atoms with Crippen LogP contribution in [0.15, 0.2) is 34.1 Å². The fourth-order valence-corrected chi connectivity index (χ4v) is 2.56. The van der Waals surface area contributed by atoms with Crippen LogP contribution in [0.4, 0.5) is 0 Å². The largest absolute Gasteiger partial charge is 0.453 e. The van der Waals surface area contributed by atoms with Gasteiger partial charge in [-0.1, -0.05) is 11.6 Å². The lowest BCUT2D eigenvalue weighted by molar-refractivity contribution is 0.101. The van der Waals surface area contributed by atoms with Crippen LogP contribution in [0, 0.1) is 6.92 Å². The van der Waals surface area contributed by atoms with Crippen LogP contribution in [0.25, 0.3) is 11.0 Å². The van der Waals surface area contributed by atoms with Crippen molar-refractivity contribution in [2.45, 2.75) is 13.5 Å². The molecule has 1 aromatic carbocycles. The molecule has 0 fully saturated rings. The fourth-order valence-electron chi connectivity index (χ4n) is 1.91. The van der Waals surface area contributed by atoms with Crippen LogP contribution < -0.4 is 5.73 Å². The van der Waals surface area contributed by atoms with E-state index in [0.29, 0.717) is 23.6 Å². The molecule has 96 valence electrons. The van der Waals surface area contributed by atoms with Gasteiger partial charge in [-0.05, 0) is 25.1 Å². The minimum absolute atomic E-state index is 0.204. The Bertz CT molecular complexity index is 758. The first-order valence-corrected chi connectivity index (χ1v) is 6.74. The number of aryl methyl sites for hydroxylation is 1. The molecule has 0 aliphatic heterocycles. The third kappa shape index (κ3) is 2.18. The molecule has 0 bridgehead atoms. The van der Waals surface area contributed by atoms with E-state index in [1.807, 2.05) is 25.1 Å². The van der Waals surface area contributed by atoms with Gasteiger partial charge >= 0.3 is 0 Å². The van der Waals surface area contributed by atoms with Crippen LogP contribution in [0.2, 0.25) is 0 Å². The zero-order valence-electron chi connectivity index (χ0n) is 10.3. The Hall–Kier alpha value is -1.98. The van der Waals surface area contributed by atoms with Gasteiger partial charge in [0.25, 0.3) is 0 Å². The second-order valence-electron chi connectivity index (χ2n) is 4.31. The average Bonchev–Trinajstić information content (AvgIpc) is 3.03. The molecule has 0 aliphatic carbocycles. The molecule has 0 unspecified atom stereocenters. The molecule has 2 N–H and O–H groups in total. The number of carbonyl (C=O) groups is 1. The quantitative estimate of drug-likeness (QED) is 0.744. The van der Waals surface area contributed by atoms with Crippen molar-refractivity contribution in [3.05, 3.63) is 51.7 Å². The summed E-state index contributed by atoms with van der Waals surface area (Å²) in [7, 11) is 0. The van der Waals surface area contributed by atoms with Gasteiger partial charge in [-0.15, -0.1) is 11.3 Å². The molecule has 0 saturated carbocycles. The van der Waals surface area contributed by atoms with E-state index in [1.165, 1.54) is 11.3 Å². The number of furan rings is 1. The first kappa shape index (κ1) is 12.1. The van der Waals surface area contributed by atoms with Gasteiger partial charge in [-0.2, -0.15) is 0 Å². The Labute approximate surface area is 113 Å². The van der Waals surface area contributed by atoms with Crippen LogP contribution in [-0.4, -0.2) is 10.8 Å². The second kappa shape index (κ2) is 4.60. The first-order valence-electron chi connectivity index (χ1n) is 5.87. The van der Waals surface area contributed by atoms with Crippen molar-refractivity contribution in [3.8, 4) is 0 Å². The zero-order chi connectivity index (χ0) is 13.4. The highest BCUT2D eigenvalue weighted by molar-refractivity contribution is 7.09. The van der Waals surface area contributed by atoms with E-state index in [2.05, 4.69) is 4.98 Å². The number of nitrogens with two attached hydrogens (primary N) is 1. The van der Waals surface area contributed by atoms with Crippen LogP contribution in [0.3, 0.4) is 0 Å². The molecule has 0 saturated heterocycles. The zero-order valence-corrected chi connectivity index (χ0v) is 11.2. The maximum absolute atomic E-state index is 12.2. The van der Waals surface area contributed by atoms with E-state index >= 15 is 0 Å². The number of ketones is 1. The summed E-state index contributed by atoms with van der Waals surface area (Å²) >= 11 is 1.38. The maximum Gasteiger partial charge on any atom is 0.247 e. The predicted molar refractivity (Wildman–Crippen MR) is 74.4 cm³/mol. The van der Waals surface area contributed by atoms with Crippen LogP contribution in [-0.2, 0) is 6.54 Å². The summed E-state index contributed by atoms with van der Waals surface area (Å²) in [5.41, 5.74) is 7.73. The minimum Gasteiger partial charge on any atom is -0.453 e. The lowest BCUT2D eigenvalue weighted by Crippen LogP contribution is -2.01. The van der Waals surface area contributed by atoms with Crippen molar-refractivity contribution >= 4 is 28.1 Å². The maximum atomic E-state index is 12.2. The third-order valence-corrected chi connectivity index (χ3v) is 3.73. The summed E-state index contributed by atoms with van der Waals surface area (Å²) in [4.78, 5) is 16.4. The molecule has 0 atom stereocenters. The van der Waals surface area contributed by atoms with Crippen molar-refractivity contribution in [2.75, 3.05) is 0 Å². The summed E-state index contributed by atoms with van der Waals surface area (Å²) in [6.07, 6.45) is 0. The number of hydrogen-bond acceptors (Lipinski definition) is 5. The van der Waals surface area contributed by atoms with E-state index in [0.717, 1.165) is 16.0 Å². The normalized spacial score (nSPS) is 11.1. The highest BCUT2D eigenvalue weighted by atomic mass is 32.1. The molecule has 0 aliphatic rings. The van der Waals surface area contributed by atoms with Gasteiger partial charge < -0.3 is 10.2 Å². The molecule has 3 rings (SSSR count). The Balaban J connectivity index is 2.01. The number of carbonyl (C=O) groups excluding carboxylic acids is 1. The van der Waals surface area contributed by atoms with Crippen molar-refractivity contribution in [1.29, 1.82) is 0 Å². The Morgan fingerprint density at radius 2 is 2.26 bits per heavy atom. The number of nitrogens with zero attached hydrogens (tertiary/aromatic N) is 1. The number of benzene rings is 1. The van der Waals surface area contributed by atoms with E-state index in [-0.39, 0.29) is 5.78 Å². The van der Waals surface area contributed by atoms with Crippen molar-refractivity contribution in [3.63, 3.8) is 0 Å². The standard InChI is InChI=1S/C14H12N2O2S/c1-8-2-3-11-9(4-8)5-12(18-11)14(17)10-7-19-13(6-15)16-10/h2-5,7H,6,15H2,1H3. The van der Waals surface area contributed by atoms with Gasteiger partial charge in [0.1, 0.15) is 16.3 Å². The Kier molecular flexibility index (Phi) is 2.93. The van der Waals surface area contributed by atoms with Gasteiger partial charge in [0, 0.05) is 17.3 Å². The van der Waals surface area contributed by atoms with E-state index in [9.17, 15) is 4.79 Å². The van der Waals surface area contributed by atoms with Gasteiger partial charge in [0.05, 0.1) is 0 Å². The third-order valence-electron chi connectivity index (χ3n) is 2.85. The molecule has 2 heterocycles. The van der Waals surface area contributed by atoms with Crippen molar-refractivity contribution in [1.82, 2.24) is 4.98 Å². The van der Waals surface area contributed by atoms with Gasteiger partial charge in [-0.3, -0.25) is 4.79 Å². The summed E-state index contributed by atoms with van der Waals surface area (Å²) < 4.78 is 5.57. The van der Waals surface area contributed by atoms with Crippen LogP contribution in [0.1, 0.15) is 26.8 Å². The number of aromatic nitrogens is 1. The summed E-state index contributed by atoms with van der Waals surface area (Å²) in [5, 5.41) is 3.39. The van der Waals surface area contributed by atoms with Crippen LogP contribution in [0.5, 0.6) is 0 Å². The predicted octanol–water partition coefficient (Wildman–Crippen LogP) is 2.89. The van der Waals surface area contributed by atoms with Crippen LogP contribution >= 0.6 is 11.3 Å². The molecule has 0 amide bonds. The van der Waals surface area contributed by atoms with E-state index < -0.39 is 0 Å². The van der Waals surface area contributed by atoms with E-state index in [4.69, 9.17) is 10.2 Å². The van der Waals surface area contributed by atoms with Crippen molar-refractivity contribution < 1.29 is 9.21 Å². The number of rotatable bonds is 3. The monoisotopic (exact) mass is 272 g/mol. The van der Waals surface area contributed by atoms with Gasteiger partial charge in [0.2, 0.25) is 5.78 Å². The lowest BCUT2D eigenvalue weighted by Gasteiger charge is -1.91. The summed E-state index contributed by atoms with van der Waals surface area (Å²) in [6, 6.07) is 7.57. The summed E-state index contributed by atoms with van der Waals surface area (Å²) in [5.74, 6) is 0.110. The SMILES string of the molecule is Cc1ccc2oc(C(=O)c3csc(CN)n3)cc2c1. The molecule has 19 heavy (non-hydrogen) atoms. The van der Waals surface area contributed by atoms with Gasteiger partial charge in [-0.25, -0.2) is 4.98 Å². The highest BCUT2D eigenvalue weighted by Gasteiger charge is 2.17. The minimum atomic E-state index is -0.204. The molecular formula is C14H12N2O2S. The Morgan fingerprint density at radius 3 is 3.00 bits per heavy atom. The smallest absolute Gasteiger partial charge is 0.247 e. The van der Waals surface area contributed by atoms with E-state index in [1.54, 1.807) is 11.4 Å². The number of fused-ring (bicyclic) bond motifs is 1. The number of hydrogen-bond donors (Lipinski definition) is 1. The molecule has 2 aromatic heterocycles. The molecule has 3 aromatic rings. The Morgan fingerprint density at radius 1 is 1.42 bits per heavy atom. The fraction of sp³-hybridized carbons (Fsp3) is 0.143. The second-order valence-corrected chi connectivity index (χ2v) is 5.25. The topological polar surface area (TPSA) is 69.1 Å². The van der Waals surface area contributed by atoms with Crippen molar-refractivity contribution in [2.24, 2.45) is 5.73 Å². The first-order chi connectivity index (χ1) is 9.17. The molecule has 5 heteroatoms. The highest BCUT2D eigenvalue weighted by Crippen LogP contribution is 2.23. The molecule has 0 radical (unpaired) electrons. The molecular weight excluding hydrogens is 260 g/mol. The lowest BCUT2D eigenvalue weighted by atomic mass is 10.1. The van der Waals surface area contributed by atoms with Gasteiger partial charge in [0.15, 0.2) is 5.76 Å². The molecule has 4 nitrogen and oxygen atoms in total. The summed E-state index contributed by atoms with van der Waals surface area (Å²) in [6.45, 7) is 2.35. The molecule has 0 spiro atoms.